The Balaban J connectivity index is 0.00000144. The molecule has 70 valence electrons. The Bertz CT molecular complexity index is 318. The fraction of sp³-hybridized carbons (Fsp3) is 0.222. The van der Waals surface area contributed by atoms with Gasteiger partial charge >= 0.3 is 0 Å². The van der Waals surface area contributed by atoms with Crippen LogP contribution in [0.3, 0.4) is 0 Å². The van der Waals surface area contributed by atoms with Crippen molar-refractivity contribution in [2.45, 2.75) is 6.54 Å². The van der Waals surface area contributed by atoms with E-state index in [-0.39, 0.29) is 12.4 Å². The van der Waals surface area contributed by atoms with Crippen LogP contribution in [0.15, 0.2) is 18.2 Å². The summed E-state index contributed by atoms with van der Waals surface area (Å²) in [7, 11) is 1.87. The van der Waals surface area contributed by atoms with Crippen molar-refractivity contribution in [3.8, 4) is 6.07 Å². The summed E-state index contributed by atoms with van der Waals surface area (Å²) in [5.41, 5.74) is 1.61. The zero-order chi connectivity index (χ0) is 8.97. The molecule has 0 heterocycles. The van der Waals surface area contributed by atoms with Crippen LogP contribution in [0.25, 0.3) is 0 Å². The molecule has 0 spiro atoms. The topological polar surface area (TPSA) is 35.8 Å². The lowest BCUT2D eigenvalue weighted by molar-refractivity contribution is 0.818. The zero-order valence-corrected chi connectivity index (χ0v) is 8.75. The summed E-state index contributed by atoms with van der Waals surface area (Å²) < 4.78 is 0. The van der Waals surface area contributed by atoms with Gasteiger partial charge in [-0.1, -0.05) is 17.7 Å². The maximum Gasteiger partial charge on any atom is 0.101 e. The molecule has 2 nitrogen and oxygen atoms in total. The Morgan fingerprint density at radius 1 is 1.54 bits per heavy atom. The van der Waals surface area contributed by atoms with Gasteiger partial charge in [0.25, 0.3) is 0 Å². The third-order valence-corrected chi connectivity index (χ3v) is 1.85. The Hall–Kier alpha value is -0.750. The van der Waals surface area contributed by atoms with Crippen molar-refractivity contribution < 1.29 is 0 Å². The molecule has 1 rings (SSSR count). The van der Waals surface area contributed by atoms with Gasteiger partial charge in [-0.2, -0.15) is 5.26 Å². The molecular weight excluding hydrogens is 207 g/mol. The summed E-state index contributed by atoms with van der Waals surface area (Å²) in [6.07, 6.45) is 0. The van der Waals surface area contributed by atoms with Crippen LogP contribution in [0, 0.1) is 11.3 Å². The Morgan fingerprint density at radius 2 is 2.23 bits per heavy atom. The van der Waals surface area contributed by atoms with E-state index in [4.69, 9.17) is 16.9 Å². The highest BCUT2D eigenvalue weighted by molar-refractivity contribution is 6.31. The SMILES string of the molecule is CNCc1ccc(C#N)c(Cl)c1.Cl. The number of hydrogen-bond acceptors (Lipinski definition) is 2. The first-order valence-corrected chi connectivity index (χ1v) is 3.99. The van der Waals surface area contributed by atoms with Crippen LogP contribution in [-0.2, 0) is 6.54 Å². The van der Waals surface area contributed by atoms with E-state index in [1.807, 2.05) is 19.2 Å². The van der Waals surface area contributed by atoms with Crippen molar-refractivity contribution in [3.05, 3.63) is 34.3 Å². The van der Waals surface area contributed by atoms with Crippen molar-refractivity contribution in [2.75, 3.05) is 7.05 Å². The van der Waals surface area contributed by atoms with E-state index in [9.17, 15) is 0 Å². The van der Waals surface area contributed by atoms with Gasteiger partial charge in [0.15, 0.2) is 0 Å². The van der Waals surface area contributed by atoms with Crippen molar-refractivity contribution in [1.82, 2.24) is 5.32 Å². The molecule has 1 N–H and O–H groups in total. The van der Waals surface area contributed by atoms with Gasteiger partial charge in [0.05, 0.1) is 10.6 Å². The highest BCUT2D eigenvalue weighted by Crippen LogP contribution is 2.16. The largest absolute Gasteiger partial charge is 0.316 e. The Labute approximate surface area is 88.9 Å². The molecule has 0 saturated heterocycles. The van der Waals surface area contributed by atoms with Crippen molar-refractivity contribution >= 4 is 24.0 Å². The molecule has 0 saturated carbocycles. The maximum atomic E-state index is 8.59. The molecule has 0 amide bonds. The second-order valence-corrected chi connectivity index (χ2v) is 2.86. The number of halogens is 2. The van der Waals surface area contributed by atoms with E-state index < -0.39 is 0 Å². The smallest absolute Gasteiger partial charge is 0.101 e. The van der Waals surface area contributed by atoms with E-state index in [1.165, 1.54) is 0 Å². The molecule has 0 atom stereocenters. The van der Waals surface area contributed by atoms with Gasteiger partial charge in [0, 0.05) is 6.54 Å². The first kappa shape index (κ1) is 12.2. The summed E-state index contributed by atoms with van der Waals surface area (Å²) in [6.45, 7) is 0.769. The first-order chi connectivity index (χ1) is 5.77. The highest BCUT2D eigenvalue weighted by atomic mass is 35.5. The van der Waals surface area contributed by atoms with Crippen molar-refractivity contribution in [3.63, 3.8) is 0 Å². The predicted octanol–water partition coefficient (Wildman–Crippen LogP) is 2.35. The monoisotopic (exact) mass is 216 g/mol. The van der Waals surface area contributed by atoms with Gasteiger partial charge in [-0.25, -0.2) is 0 Å². The third-order valence-electron chi connectivity index (χ3n) is 1.53. The highest BCUT2D eigenvalue weighted by Gasteiger charge is 1.99. The molecule has 1 aromatic rings. The standard InChI is InChI=1S/C9H9ClN2.ClH/c1-12-6-7-2-3-8(5-11)9(10)4-7;/h2-4,12H,6H2,1H3;1H. The summed E-state index contributed by atoms with van der Waals surface area (Å²) >= 11 is 5.81. The number of nitrogens with zero attached hydrogens (tertiary/aromatic N) is 1. The summed E-state index contributed by atoms with van der Waals surface area (Å²) in [5.74, 6) is 0. The lowest BCUT2D eigenvalue weighted by Crippen LogP contribution is -2.04. The second-order valence-electron chi connectivity index (χ2n) is 2.46. The van der Waals surface area contributed by atoms with Crippen molar-refractivity contribution in [1.29, 1.82) is 5.26 Å². The van der Waals surface area contributed by atoms with Gasteiger partial charge in [-0.05, 0) is 24.7 Å². The Morgan fingerprint density at radius 3 is 2.69 bits per heavy atom. The molecular formula is C9H10Cl2N2. The van der Waals surface area contributed by atoms with Gasteiger partial charge in [0.2, 0.25) is 0 Å². The van der Waals surface area contributed by atoms with Crippen LogP contribution in [-0.4, -0.2) is 7.05 Å². The molecule has 0 aliphatic rings. The van der Waals surface area contributed by atoms with E-state index in [0.29, 0.717) is 10.6 Å². The average molecular weight is 217 g/mol. The first-order valence-electron chi connectivity index (χ1n) is 3.61. The molecule has 4 heteroatoms. The van der Waals surface area contributed by atoms with Crippen LogP contribution >= 0.6 is 24.0 Å². The quantitative estimate of drug-likeness (QED) is 0.825. The van der Waals surface area contributed by atoms with E-state index in [2.05, 4.69) is 5.32 Å². The Kier molecular flexibility index (Phi) is 5.48. The molecule has 0 bridgehead atoms. The number of rotatable bonds is 2. The number of nitrogens with one attached hydrogen (secondary N) is 1. The van der Waals surface area contributed by atoms with Gasteiger partial charge in [-0.15, -0.1) is 12.4 Å². The molecule has 1 aromatic carbocycles. The van der Waals surface area contributed by atoms with Crippen molar-refractivity contribution in [2.24, 2.45) is 0 Å². The van der Waals surface area contributed by atoms with Crippen LogP contribution in [0.1, 0.15) is 11.1 Å². The van der Waals surface area contributed by atoms with E-state index in [0.717, 1.165) is 12.1 Å². The number of hydrogen-bond donors (Lipinski definition) is 1. The lowest BCUT2D eigenvalue weighted by Gasteiger charge is -2.00. The third kappa shape index (κ3) is 3.23. The summed E-state index contributed by atoms with van der Waals surface area (Å²) in [5, 5.41) is 12.1. The molecule has 0 aromatic heterocycles. The maximum absolute atomic E-state index is 8.59. The zero-order valence-electron chi connectivity index (χ0n) is 7.17. The average Bonchev–Trinajstić information content (AvgIpc) is 2.05. The summed E-state index contributed by atoms with van der Waals surface area (Å²) in [6, 6.07) is 7.44. The molecule has 0 unspecified atom stereocenters. The number of benzene rings is 1. The second kappa shape index (κ2) is 5.82. The summed E-state index contributed by atoms with van der Waals surface area (Å²) in [4.78, 5) is 0. The molecule has 0 fully saturated rings. The van der Waals surface area contributed by atoms with Crippen LogP contribution in [0.5, 0.6) is 0 Å². The minimum atomic E-state index is 0. The van der Waals surface area contributed by atoms with Gasteiger partial charge in [-0.3, -0.25) is 0 Å². The fourth-order valence-electron chi connectivity index (χ4n) is 0.963. The van der Waals surface area contributed by atoms with Crippen LogP contribution in [0.2, 0.25) is 5.02 Å². The van der Waals surface area contributed by atoms with Crippen LogP contribution < -0.4 is 5.32 Å². The van der Waals surface area contributed by atoms with E-state index >= 15 is 0 Å². The minimum absolute atomic E-state index is 0. The molecule has 0 radical (unpaired) electrons. The normalized spacial score (nSPS) is 8.69. The molecule has 0 aliphatic carbocycles. The minimum Gasteiger partial charge on any atom is -0.316 e. The van der Waals surface area contributed by atoms with Gasteiger partial charge in [0.1, 0.15) is 6.07 Å². The lowest BCUT2D eigenvalue weighted by atomic mass is 10.1. The number of nitriles is 1. The van der Waals surface area contributed by atoms with Gasteiger partial charge < -0.3 is 5.32 Å². The molecule has 13 heavy (non-hydrogen) atoms. The molecule has 0 aliphatic heterocycles. The van der Waals surface area contributed by atoms with Crippen LogP contribution in [0.4, 0.5) is 0 Å². The fourth-order valence-corrected chi connectivity index (χ4v) is 1.21. The van der Waals surface area contributed by atoms with E-state index in [1.54, 1.807) is 12.1 Å². The predicted molar refractivity (Wildman–Crippen MR) is 56.2 cm³/mol.